The van der Waals surface area contributed by atoms with Gasteiger partial charge in [-0.25, -0.2) is 0 Å². The lowest BCUT2D eigenvalue weighted by Gasteiger charge is -2.29. The molecule has 1 atom stereocenters. The first kappa shape index (κ1) is 16.2. The van der Waals surface area contributed by atoms with E-state index in [4.69, 9.17) is 0 Å². The number of likely N-dealkylation sites (tertiary alicyclic amines) is 1. The summed E-state index contributed by atoms with van der Waals surface area (Å²) in [5.41, 5.74) is 0. The summed E-state index contributed by atoms with van der Waals surface area (Å²) < 4.78 is 0. The van der Waals surface area contributed by atoms with E-state index < -0.39 is 0 Å². The molecule has 3 rings (SSSR count). The Morgan fingerprint density at radius 2 is 2.26 bits per heavy atom. The average molecular weight is 317 g/mol. The number of amides is 1. The number of carbonyl (C=O) groups is 1. The molecule has 1 aromatic heterocycles. The molecular formula is C17H27N5O. The van der Waals surface area contributed by atoms with Crippen molar-refractivity contribution in [1.29, 1.82) is 0 Å². The second kappa shape index (κ2) is 7.73. The van der Waals surface area contributed by atoms with Gasteiger partial charge in [-0.1, -0.05) is 0 Å². The van der Waals surface area contributed by atoms with Gasteiger partial charge in [-0.05, 0) is 51.4 Å². The molecular weight excluding hydrogens is 290 g/mol. The van der Waals surface area contributed by atoms with Gasteiger partial charge in [0.1, 0.15) is 0 Å². The van der Waals surface area contributed by atoms with Crippen molar-refractivity contribution in [2.24, 2.45) is 0 Å². The van der Waals surface area contributed by atoms with Gasteiger partial charge in [0.25, 0.3) is 0 Å². The molecule has 23 heavy (non-hydrogen) atoms. The first-order valence-electron chi connectivity index (χ1n) is 8.75. The topological polar surface area (TPSA) is 52.6 Å². The zero-order valence-corrected chi connectivity index (χ0v) is 14.0. The molecule has 0 spiro atoms. The molecule has 0 unspecified atom stereocenters. The van der Waals surface area contributed by atoms with E-state index in [9.17, 15) is 4.79 Å². The number of likely N-dealkylation sites (N-methyl/N-ethyl adjacent to an activating group) is 1. The van der Waals surface area contributed by atoms with E-state index in [0.29, 0.717) is 11.9 Å². The van der Waals surface area contributed by atoms with Crippen LogP contribution in [-0.4, -0.2) is 71.7 Å². The van der Waals surface area contributed by atoms with Crippen LogP contribution in [0.15, 0.2) is 18.3 Å². The van der Waals surface area contributed by atoms with Crippen molar-refractivity contribution in [3.8, 4) is 0 Å². The smallest absolute Gasteiger partial charge is 0.222 e. The van der Waals surface area contributed by atoms with Gasteiger partial charge in [0.2, 0.25) is 5.91 Å². The fourth-order valence-corrected chi connectivity index (χ4v) is 3.70. The Morgan fingerprint density at radius 1 is 1.35 bits per heavy atom. The van der Waals surface area contributed by atoms with Crippen LogP contribution in [0.5, 0.6) is 0 Å². The molecule has 6 heteroatoms. The van der Waals surface area contributed by atoms with Crippen molar-refractivity contribution in [2.45, 2.75) is 38.1 Å². The second-order valence-electron chi connectivity index (χ2n) is 6.67. The summed E-state index contributed by atoms with van der Waals surface area (Å²) in [6.07, 6.45) is 6.98. The van der Waals surface area contributed by atoms with Crippen LogP contribution in [0.3, 0.4) is 0 Å². The van der Waals surface area contributed by atoms with Crippen LogP contribution in [0.25, 0.3) is 0 Å². The van der Waals surface area contributed by atoms with Crippen molar-refractivity contribution in [1.82, 2.24) is 20.0 Å². The number of aromatic nitrogens is 2. The Morgan fingerprint density at radius 3 is 3.00 bits per heavy atom. The summed E-state index contributed by atoms with van der Waals surface area (Å²) in [7, 11) is 2.18. The van der Waals surface area contributed by atoms with Crippen LogP contribution in [-0.2, 0) is 4.79 Å². The molecule has 2 saturated heterocycles. The van der Waals surface area contributed by atoms with Gasteiger partial charge in [0.15, 0.2) is 5.82 Å². The fraction of sp³-hybridized carbons (Fsp3) is 0.706. The van der Waals surface area contributed by atoms with Crippen molar-refractivity contribution < 1.29 is 4.79 Å². The van der Waals surface area contributed by atoms with E-state index in [-0.39, 0.29) is 0 Å². The molecule has 1 aromatic rings. The maximum absolute atomic E-state index is 11.6. The number of anilines is 1. The van der Waals surface area contributed by atoms with Crippen LogP contribution in [0.4, 0.5) is 5.82 Å². The molecule has 0 N–H and O–H groups in total. The Balaban J connectivity index is 1.43. The zero-order valence-electron chi connectivity index (χ0n) is 14.0. The Bertz CT molecular complexity index is 509. The monoisotopic (exact) mass is 317 g/mol. The molecule has 126 valence electrons. The maximum atomic E-state index is 11.6. The van der Waals surface area contributed by atoms with Gasteiger partial charge in [-0.15, -0.1) is 5.10 Å². The average Bonchev–Trinajstić information content (AvgIpc) is 3.18. The molecule has 2 aliphatic heterocycles. The summed E-state index contributed by atoms with van der Waals surface area (Å²) in [5.74, 6) is 1.32. The number of hydrogen-bond acceptors (Lipinski definition) is 5. The van der Waals surface area contributed by atoms with Gasteiger partial charge in [0.05, 0.1) is 0 Å². The van der Waals surface area contributed by atoms with Crippen molar-refractivity contribution in [3.05, 3.63) is 18.3 Å². The Kier molecular flexibility index (Phi) is 5.43. The third-order valence-corrected chi connectivity index (χ3v) is 4.89. The minimum Gasteiger partial charge on any atom is -0.351 e. The normalized spacial score (nSPS) is 21.7. The minimum atomic E-state index is 0.331. The Hall–Kier alpha value is -1.69. The molecule has 0 saturated carbocycles. The van der Waals surface area contributed by atoms with Crippen molar-refractivity contribution in [3.63, 3.8) is 0 Å². The SMILES string of the molecule is CN(CCCN1CCCC1=O)C[C@@H]1CCCN1c1cccnn1. The third kappa shape index (κ3) is 4.19. The first-order valence-corrected chi connectivity index (χ1v) is 8.75. The summed E-state index contributed by atoms with van der Waals surface area (Å²) in [6, 6.07) is 4.52. The van der Waals surface area contributed by atoms with E-state index >= 15 is 0 Å². The number of rotatable bonds is 7. The largest absolute Gasteiger partial charge is 0.351 e. The molecule has 6 nitrogen and oxygen atoms in total. The quantitative estimate of drug-likeness (QED) is 0.761. The Labute approximate surface area is 138 Å². The highest BCUT2D eigenvalue weighted by Crippen LogP contribution is 2.23. The van der Waals surface area contributed by atoms with E-state index in [1.54, 1.807) is 6.20 Å². The summed E-state index contributed by atoms with van der Waals surface area (Å²) >= 11 is 0. The third-order valence-electron chi connectivity index (χ3n) is 4.89. The summed E-state index contributed by atoms with van der Waals surface area (Å²) in [4.78, 5) is 18.4. The lowest BCUT2D eigenvalue weighted by atomic mass is 10.2. The molecule has 0 aromatic carbocycles. The minimum absolute atomic E-state index is 0.331. The van der Waals surface area contributed by atoms with E-state index in [0.717, 1.165) is 57.8 Å². The van der Waals surface area contributed by atoms with Crippen LogP contribution in [0.2, 0.25) is 0 Å². The van der Waals surface area contributed by atoms with Gasteiger partial charge in [0, 0.05) is 44.8 Å². The predicted octanol–water partition coefficient (Wildman–Crippen LogP) is 1.39. The van der Waals surface area contributed by atoms with Gasteiger partial charge < -0.3 is 14.7 Å². The summed E-state index contributed by atoms with van der Waals surface area (Å²) in [6.45, 7) is 5.01. The highest BCUT2D eigenvalue weighted by atomic mass is 16.2. The maximum Gasteiger partial charge on any atom is 0.222 e. The molecule has 0 bridgehead atoms. The molecule has 2 fully saturated rings. The molecule has 1 amide bonds. The van der Waals surface area contributed by atoms with Crippen LogP contribution < -0.4 is 4.90 Å². The lowest BCUT2D eigenvalue weighted by Crippen LogP contribution is -2.40. The van der Waals surface area contributed by atoms with Crippen molar-refractivity contribution in [2.75, 3.05) is 44.7 Å². The van der Waals surface area contributed by atoms with Crippen LogP contribution in [0.1, 0.15) is 32.1 Å². The van der Waals surface area contributed by atoms with Gasteiger partial charge >= 0.3 is 0 Å². The fourth-order valence-electron chi connectivity index (χ4n) is 3.70. The predicted molar refractivity (Wildman–Crippen MR) is 90.3 cm³/mol. The highest BCUT2D eigenvalue weighted by molar-refractivity contribution is 5.77. The molecule has 0 radical (unpaired) electrons. The van der Waals surface area contributed by atoms with Crippen LogP contribution in [0, 0.1) is 0 Å². The molecule has 0 aliphatic carbocycles. The second-order valence-corrected chi connectivity index (χ2v) is 6.67. The number of carbonyl (C=O) groups excluding carboxylic acids is 1. The van der Waals surface area contributed by atoms with E-state index in [1.165, 1.54) is 12.8 Å². The van der Waals surface area contributed by atoms with E-state index in [1.807, 2.05) is 17.0 Å². The lowest BCUT2D eigenvalue weighted by molar-refractivity contribution is -0.127. The molecule has 3 heterocycles. The highest BCUT2D eigenvalue weighted by Gasteiger charge is 2.27. The zero-order chi connectivity index (χ0) is 16.1. The number of nitrogens with zero attached hydrogens (tertiary/aromatic N) is 5. The number of hydrogen-bond donors (Lipinski definition) is 0. The van der Waals surface area contributed by atoms with Crippen LogP contribution >= 0.6 is 0 Å². The summed E-state index contributed by atoms with van der Waals surface area (Å²) in [5, 5.41) is 8.26. The standard InChI is InChI=1S/C17H27N5O/c1-20(10-5-12-21-11-4-8-17(21)23)14-15-6-3-13-22(15)16-7-2-9-18-19-16/h2,7,9,15H,3-6,8,10-14H2,1H3/t15-/m0/s1. The molecule has 2 aliphatic rings. The van der Waals surface area contributed by atoms with E-state index in [2.05, 4.69) is 27.0 Å². The van der Waals surface area contributed by atoms with Crippen molar-refractivity contribution >= 4 is 11.7 Å². The first-order chi connectivity index (χ1) is 11.2. The van der Waals surface area contributed by atoms with Gasteiger partial charge in [-0.2, -0.15) is 5.10 Å². The van der Waals surface area contributed by atoms with Gasteiger partial charge in [-0.3, -0.25) is 4.79 Å².